The lowest BCUT2D eigenvalue weighted by Gasteiger charge is -2.03. The standard InChI is InChI=1S/C15H10N4O/c20-14-10-5-1-2-6-12(10)18-15-11(14)9-17-19(15)13-7-3-4-8-16-13/h1-9H,(H,18,20). The molecule has 0 saturated carbocycles. The summed E-state index contributed by atoms with van der Waals surface area (Å²) >= 11 is 0. The average Bonchev–Trinajstić information content (AvgIpc) is 2.92. The average molecular weight is 262 g/mol. The first kappa shape index (κ1) is 10.9. The molecule has 0 saturated heterocycles. The number of benzene rings is 1. The number of H-pyrrole nitrogens is 1. The third-order valence-electron chi connectivity index (χ3n) is 3.30. The SMILES string of the molecule is O=c1c2ccccc2[nH]c2c1cnn2-c1ccccn1. The van der Waals surface area contributed by atoms with E-state index in [4.69, 9.17) is 0 Å². The van der Waals surface area contributed by atoms with Crippen molar-refractivity contribution < 1.29 is 0 Å². The van der Waals surface area contributed by atoms with E-state index in [9.17, 15) is 4.79 Å². The summed E-state index contributed by atoms with van der Waals surface area (Å²) in [5, 5.41) is 5.50. The molecule has 0 bridgehead atoms. The van der Waals surface area contributed by atoms with Crippen molar-refractivity contribution in [3.05, 3.63) is 65.1 Å². The fourth-order valence-corrected chi connectivity index (χ4v) is 2.35. The minimum absolute atomic E-state index is 0.0171. The maximum Gasteiger partial charge on any atom is 0.200 e. The highest BCUT2D eigenvalue weighted by Crippen LogP contribution is 2.16. The second-order valence-corrected chi connectivity index (χ2v) is 4.51. The number of aromatic amines is 1. The molecule has 96 valence electrons. The zero-order chi connectivity index (χ0) is 13.5. The molecular weight excluding hydrogens is 252 g/mol. The van der Waals surface area contributed by atoms with Gasteiger partial charge in [0.1, 0.15) is 5.65 Å². The summed E-state index contributed by atoms with van der Waals surface area (Å²) in [6.07, 6.45) is 3.28. The molecule has 0 unspecified atom stereocenters. The van der Waals surface area contributed by atoms with Crippen LogP contribution < -0.4 is 5.43 Å². The molecule has 0 spiro atoms. The first-order valence-electron chi connectivity index (χ1n) is 6.25. The Kier molecular flexibility index (Phi) is 2.20. The van der Waals surface area contributed by atoms with E-state index in [2.05, 4.69) is 15.1 Å². The van der Waals surface area contributed by atoms with Crippen LogP contribution in [0.3, 0.4) is 0 Å². The summed E-state index contributed by atoms with van der Waals surface area (Å²) in [6, 6.07) is 13.0. The molecule has 1 aromatic carbocycles. The minimum Gasteiger partial charge on any atom is -0.339 e. The highest BCUT2D eigenvalue weighted by Gasteiger charge is 2.11. The molecule has 0 atom stereocenters. The summed E-state index contributed by atoms with van der Waals surface area (Å²) in [5.74, 6) is 0.674. The van der Waals surface area contributed by atoms with Gasteiger partial charge in [0, 0.05) is 11.6 Å². The monoisotopic (exact) mass is 262 g/mol. The lowest BCUT2D eigenvalue weighted by atomic mass is 10.2. The number of nitrogens with one attached hydrogen (secondary N) is 1. The van der Waals surface area contributed by atoms with Crippen LogP contribution in [0, 0.1) is 0 Å². The molecule has 0 radical (unpaired) electrons. The van der Waals surface area contributed by atoms with Gasteiger partial charge in [-0.3, -0.25) is 4.79 Å². The van der Waals surface area contributed by atoms with E-state index < -0.39 is 0 Å². The van der Waals surface area contributed by atoms with E-state index in [1.54, 1.807) is 17.1 Å². The van der Waals surface area contributed by atoms with Gasteiger partial charge in [-0.05, 0) is 24.3 Å². The molecule has 4 rings (SSSR count). The van der Waals surface area contributed by atoms with E-state index >= 15 is 0 Å². The summed E-state index contributed by atoms with van der Waals surface area (Å²) in [7, 11) is 0. The highest BCUT2D eigenvalue weighted by atomic mass is 16.1. The summed E-state index contributed by atoms with van der Waals surface area (Å²) < 4.78 is 1.64. The molecule has 5 heteroatoms. The Morgan fingerprint density at radius 1 is 1.00 bits per heavy atom. The Labute approximate surface area is 113 Å². The lowest BCUT2D eigenvalue weighted by molar-refractivity contribution is 0.865. The van der Waals surface area contributed by atoms with Crippen molar-refractivity contribution in [3.8, 4) is 5.82 Å². The largest absolute Gasteiger partial charge is 0.339 e. The Balaban J connectivity index is 2.14. The molecule has 0 fully saturated rings. The molecule has 5 nitrogen and oxygen atoms in total. The molecular formula is C15H10N4O. The Hall–Kier alpha value is -2.95. The second-order valence-electron chi connectivity index (χ2n) is 4.51. The van der Waals surface area contributed by atoms with E-state index in [1.165, 1.54) is 0 Å². The van der Waals surface area contributed by atoms with Crippen molar-refractivity contribution >= 4 is 21.9 Å². The Morgan fingerprint density at radius 2 is 1.85 bits per heavy atom. The summed E-state index contributed by atoms with van der Waals surface area (Å²) in [4.78, 5) is 20.0. The number of rotatable bonds is 1. The third-order valence-corrected chi connectivity index (χ3v) is 3.30. The normalized spacial score (nSPS) is 11.2. The molecule has 1 N–H and O–H groups in total. The maximum atomic E-state index is 12.4. The minimum atomic E-state index is -0.0171. The van der Waals surface area contributed by atoms with E-state index in [-0.39, 0.29) is 5.43 Å². The fraction of sp³-hybridized carbons (Fsp3) is 0. The second kappa shape index (κ2) is 4.03. The predicted molar refractivity (Wildman–Crippen MR) is 77.0 cm³/mol. The molecule has 20 heavy (non-hydrogen) atoms. The van der Waals surface area contributed by atoms with Gasteiger partial charge in [0.15, 0.2) is 11.2 Å². The zero-order valence-corrected chi connectivity index (χ0v) is 10.4. The smallest absolute Gasteiger partial charge is 0.200 e. The first-order chi connectivity index (χ1) is 9.84. The number of hydrogen-bond donors (Lipinski definition) is 1. The van der Waals surface area contributed by atoms with Crippen LogP contribution >= 0.6 is 0 Å². The van der Waals surface area contributed by atoms with Gasteiger partial charge in [-0.25, -0.2) is 4.98 Å². The van der Waals surface area contributed by atoms with Crippen LogP contribution in [-0.2, 0) is 0 Å². The van der Waals surface area contributed by atoms with Crippen molar-refractivity contribution in [2.24, 2.45) is 0 Å². The molecule has 0 aliphatic heterocycles. The van der Waals surface area contributed by atoms with Crippen LogP contribution in [0.15, 0.2) is 59.7 Å². The number of aromatic nitrogens is 4. The number of nitrogens with zero attached hydrogens (tertiary/aromatic N) is 3. The van der Waals surface area contributed by atoms with Crippen molar-refractivity contribution in [2.45, 2.75) is 0 Å². The van der Waals surface area contributed by atoms with Gasteiger partial charge in [-0.15, -0.1) is 0 Å². The first-order valence-corrected chi connectivity index (χ1v) is 6.25. The number of para-hydroxylation sites is 1. The van der Waals surface area contributed by atoms with Gasteiger partial charge in [-0.1, -0.05) is 18.2 Å². The molecule has 3 aromatic heterocycles. The lowest BCUT2D eigenvalue weighted by Crippen LogP contribution is -2.05. The topological polar surface area (TPSA) is 63.6 Å². The van der Waals surface area contributed by atoms with Gasteiger partial charge in [0.2, 0.25) is 0 Å². The van der Waals surface area contributed by atoms with E-state index in [1.807, 2.05) is 42.5 Å². The quantitative estimate of drug-likeness (QED) is 0.572. The van der Waals surface area contributed by atoms with Crippen LogP contribution in [-0.4, -0.2) is 19.7 Å². The van der Waals surface area contributed by atoms with Gasteiger partial charge in [-0.2, -0.15) is 9.78 Å². The summed E-state index contributed by atoms with van der Waals surface area (Å²) in [5.41, 5.74) is 1.44. The van der Waals surface area contributed by atoms with Crippen LogP contribution in [0.4, 0.5) is 0 Å². The number of hydrogen-bond acceptors (Lipinski definition) is 3. The van der Waals surface area contributed by atoms with Crippen molar-refractivity contribution in [3.63, 3.8) is 0 Å². The van der Waals surface area contributed by atoms with Crippen molar-refractivity contribution in [1.29, 1.82) is 0 Å². The van der Waals surface area contributed by atoms with E-state index in [0.717, 1.165) is 5.52 Å². The Bertz CT molecular complexity index is 969. The van der Waals surface area contributed by atoms with Crippen molar-refractivity contribution in [2.75, 3.05) is 0 Å². The fourth-order valence-electron chi connectivity index (χ4n) is 2.35. The maximum absolute atomic E-state index is 12.4. The van der Waals surface area contributed by atoms with Gasteiger partial charge >= 0.3 is 0 Å². The zero-order valence-electron chi connectivity index (χ0n) is 10.4. The van der Waals surface area contributed by atoms with Crippen LogP contribution in [0.2, 0.25) is 0 Å². The summed E-state index contributed by atoms with van der Waals surface area (Å²) in [6.45, 7) is 0. The molecule has 4 aromatic rings. The molecule has 0 aliphatic rings. The van der Waals surface area contributed by atoms with Crippen LogP contribution in [0.25, 0.3) is 27.8 Å². The van der Waals surface area contributed by atoms with Crippen molar-refractivity contribution in [1.82, 2.24) is 19.7 Å². The predicted octanol–water partition coefficient (Wildman–Crippen LogP) is 2.26. The van der Waals surface area contributed by atoms with Gasteiger partial charge in [0.25, 0.3) is 0 Å². The van der Waals surface area contributed by atoms with Crippen LogP contribution in [0.5, 0.6) is 0 Å². The highest BCUT2D eigenvalue weighted by molar-refractivity contribution is 5.91. The van der Waals surface area contributed by atoms with E-state index in [0.29, 0.717) is 22.2 Å². The van der Waals surface area contributed by atoms with Gasteiger partial charge in [0.05, 0.1) is 17.1 Å². The molecule has 3 heterocycles. The van der Waals surface area contributed by atoms with Gasteiger partial charge < -0.3 is 4.98 Å². The number of pyridine rings is 2. The molecule has 0 aliphatic carbocycles. The third kappa shape index (κ3) is 1.46. The van der Waals surface area contributed by atoms with Crippen LogP contribution in [0.1, 0.15) is 0 Å². The molecule has 0 amide bonds. The Morgan fingerprint density at radius 3 is 2.70 bits per heavy atom. The number of fused-ring (bicyclic) bond motifs is 2.